The van der Waals surface area contributed by atoms with Gasteiger partial charge in [0.1, 0.15) is 23.4 Å². The Morgan fingerprint density at radius 2 is 1.54 bits per heavy atom. The normalized spacial score (nSPS) is 13.1. The van der Waals surface area contributed by atoms with Crippen molar-refractivity contribution < 1.29 is 24.2 Å². The van der Waals surface area contributed by atoms with Crippen LogP contribution >= 0.6 is 0 Å². The number of unbranched alkanes of at least 4 members (excludes halogenated alkanes) is 5. The fraction of sp³-hybridized carbons (Fsp3) is 0.690. The number of phenolic OH excluding ortho intramolecular Hbond substituents is 1. The fourth-order valence-electron chi connectivity index (χ4n) is 3.99. The van der Waals surface area contributed by atoms with Crippen LogP contribution in [0.4, 0.5) is 4.79 Å². The number of phenols is 1. The van der Waals surface area contributed by atoms with Crippen LogP contribution < -0.4 is 10.6 Å². The van der Waals surface area contributed by atoms with E-state index in [1.54, 1.807) is 37.8 Å². The first kappa shape index (κ1) is 32.3. The molecule has 0 aliphatic rings. The smallest absolute Gasteiger partial charge is 0.408 e. The number of alkyl carbamates (subject to hydrolysis) is 1. The summed E-state index contributed by atoms with van der Waals surface area (Å²) >= 11 is 0. The lowest BCUT2D eigenvalue weighted by Gasteiger charge is -2.35. The minimum atomic E-state index is -0.891. The van der Waals surface area contributed by atoms with Gasteiger partial charge in [-0.2, -0.15) is 0 Å². The number of hydrogen-bond acceptors (Lipinski definition) is 5. The van der Waals surface area contributed by atoms with Gasteiger partial charge < -0.3 is 25.4 Å². The first-order valence-corrected chi connectivity index (χ1v) is 13.8. The van der Waals surface area contributed by atoms with Crippen LogP contribution in [0.3, 0.4) is 0 Å². The van der Waals surface area contributed by atoms with Crippen molar-refractivity contribution in [1.82, 2.24) is 15.5 Å². The zero-order chi connectivity index (χ0) is 28.0. The average Bonchev–Trinajstić information content (AvgIpc) is 2.81. The molecule has 0 aliphatic heterocycles. The van der Waals surface area contributed by atoms with Crippen LogP contribution in [-0.2, 0) is 14.3 Å². The van der Waals surface area contributed by atoms with E-state index < -0.39 is 23.8 Å². The maximum atomic E-state index is 14.0. The summed E-state index contributed by atoms with van der Waals surface area (Å²) < 4.78 is 5.42. The van der Waals surface area contributed by atoms with Gasteiger partial charge in [0.15, 0.2) is 0 Å². The highest BCUT2D eigenvalue weighted by Gasteiger charge is 2.37. The average molecular weight is 520 g/mol. The quantitative estimate of drug-likeness (QED) is 0.258. The number of hydrogen-bond donors (Lipinski definition) is 3. The molecule has 0 saturated carbocycles. The summed E-state index contributed by atoms with van der Waals surface area (Å²) in [6.07, 6.45) is 6.02. The first-order chi connectivity index (χ1) is 17.4. The number of amides is 3. The summed E-state index contributed by atoms with van der Waals surface area (Å²) in [7, 11) is 0. The van der Waals surface area contributed by atoms with Crippen LogP contribution in [0, 0.1) is 5.92 Å². The van der Waals surface area contributed by atoms with Gasteiger partial charge in [0, 0.05) is 13.1 Å². The molecular weight excluding hydrogens is 470 g/mol. The van der Waals surface area contributed by atoms with Gasteiger partial charge in [0.05, 0.1) is 0 Å². The molecule has 1 rings (SSSR count). The molecule has 2 unspecified atom stereocenters. The number of nitrogens with zero attached hydrogens (tertiary/aromatic N) is 1. The lowest BCUT2D eigenvalue weighted by atomic mass is 9.98. The zero-order valence-electron chi connectivity index (χ0n) is 23.9. The number of aromatic hydroxyl groups is 1. The summed E-state index contributed by atoms with van der Waals surface area (Å²) in [5.41, 5.74) is -0.102. The van der Waals surface area contributed by atoms with Crippen LogP contribution in [0.1, 0.15) is 105 Å². The van der Waals surface area contributed by atoms with Crippen molar-refractivity contribution in [2.45, 2.75) is 111 Å². The number of rotatable bonds is 15. The van der Waals surface area contributed by atoms with Crippen molar-refractivity contribution in [2.24, 2.45) is 5.92 Å². The van der Waals surface area contributed by atoms with E-state index in [0.29, 0.717) is 18.7 Å². The Morgan fingerprint density at radius 3 is 2.08 bits per heavy atom. The Hall–Kier alpha value is -2.77. The summed E-state index contributed by atoms with van der Waals surface area (Å²) in [6, 6.07) is 4.62. The summed E-state index contributed by atoms with van der Waals surface area (Å²) in [6.45, 7) is 14.1. The SMILES string of the molecule is CCCCCCCN(C(=O)C(NC(=O)OC(C)(C)C)C(C)C)C(C(=O)NCCCC)c1ccc(O)cc1. The van der Waals surface area contributed by atoms with Crippen molar-refractivity contribution in [1.29, 1.82) is 0 Å². The molecule has 210 valence electrons. The van der Waals surface area contributed by atoms with Gasteiger partial charge >= 0.3 is 6.09 Å². The number of ether oxygens (including phenoxy) is 1. The Bertz CT molecular complexity index is 833. The van der Waals surface area contributed by atoms with E-state index in [9.17, 15) is 19.5 Å². The number of carbonyl (C=O) groups excluding carboxylic acids is 3. The molecule has 0 radical (unpaired) electrons. The van der Waals surface area contributed by atoms with E-state index in [1.165, 1.54) is 12.1 Å². The van der Waals surface area contributed by atoms with E-state index >= 15 is 0 Å². The molecule has 0 spiro atoms. The monoisotopic (exact) mass is 519 g/mol. The second-order valence-electron chi connectivity index (χ2n) is 11.0. The largest absolute Gasteiger partial charge is 0.508 e. The van der Waals surface area contributed by atoms with Gasteiger partial charge in [-0.3, -0.25) is 9.59 Å². The Labute approximate surface area is 223 Å². The van der Waals surface area contributed by atoms with Crippen molar-refractivity contribution in [2.75, 3.05) is 13.1 Å². The van der Waals surface area contributed by atoms with Crippen molar-refractivity contribution in [3.05, 3.63) is 29.8 Å². The van der Waals surface area contributed by atoms with Gasteiger partial charge in [-0.05, 0) is 57.2 Å². The minimum absolute atomic E-state index is 0.0815. The van der Waals surface area contributed by atoms with Gasteiger partial charge in [0.2, 0.25) is 11.8 Å². The molecule has 2 atom stereocenters. The predicted molar refractivity (Wildman–Crippen MR) is 147 cm³/mol. The third-order valence-corrected chi connectivity index (χ3v) is 5.99. The molecular formula is C29H49N3O5. The van der Waals surface area contributed by atoms with E-state index in [4.69, 9.17) is 4.74 Å². The summed E-state index contributed by atoms with van der Waals surface area (Å²) in [4.78, 5) is 41.7. The van der Waals surface area contributed by atoms with Crippen molar-refractivity contribution >= 4 is 17.9 Å². The van der Waals surface area contributed by atoms with Crippen LogP contribution in [0.5, 0.6) is 5.75 Å². The number of nitrogens with one attached hydrogen (secondary N) is 2. The Balaban J connectivity index is 3.37. The summed E-state index contributed by atoms with van der Waals surface area (Å²) in [5.74, 6) is -0.759. The predicted octanol–water partition coefficient (Wildman–Crippen LogP) is 5.70. The topological polar surface area (TPSA) is 108 Å². The minimum Gasteiger partial charge on any atom is -0.508 e. The van der Waals surface area contributed by atoms with Crippen LogP contribution in [0.25, 0.3) is 0 Å². The summed E-state index contributed by atoms with van der Waals surface area (Å²) in [5, 5.41) is 15.6. The Morgan fingerprint density at radius 1 is 0.946 bits per heavy atom. The molecule has 0 saturated heterocycles. The molecule has 0 heterocycles. The third-order valence-electron chi connectivity index (χ3n) is 5.99. The molecule has 3 amide bonds. The van der Waals surface area contributed by atoms with E-state index in [-0.39, 0.29) is 23.5 Å². The van der Waals surface area contributed by atoms with Gasteiger partial charge in [0.25, 0.3) is 0 Å². The molecule has 8 nitrogen and oxygen atoms in total. The molecule has 1 aromatic rings. The molecule has 0 aliphatic carbocycles. The zero-order valence-corrected chi connectivity index (χ0v) is 23.9. The van der Waals surface area contributed by atoms with E-state index in [1.807, 2.05) is 20.8 Å². The standard InChI is InChI=1S/C29H49N3O5/c1-8-10-12-13-14-20-32(27(35)24(21(3)4)31-28(36)37-29(5,6)7)25(26(34)30-19-11-9-2)22-15-17-23(33)18-16-22/h15-18,21,24-25,33H,8-14,19-20H2,1-7H3,(H,30,34)(H,31,36). The number of carbonyl (C=O) groups is 3. The van der Waals surface area contributed by atoms with Gasteiger partial charge in [-0.15, -0.1) is 0 Å². The van der Waals surface area contributed by atoms with Crippen LogP contribution in [0.15, 0.2) is 24.3 Å². The molecule has 37 heavy (non-hydrogen) atoms. The van der Waals surface area contributed by atoms with Crippen molar-refractivity contribution in [3.63, 3.8) is 0 Å². The fourth-order valence-corrected chi connectivity index (χ4v) is 3.99. The first-order valence-electron chi connectivity index (χ1n) is 13.8. The molecule has 3 N–H and O–H groups in total. The van der Waals surface area contributed by atoms with Crippen molar-refractivity contribution in [3.8, 4) is 5.75 Å². The van der Waals surface area contributed by atoms with Crippen LogP contribution in [0.2, 0.25) is 0 Å². The highest BCUT2D eigenvalue weighted by atomic mass is 16.6. The highest BCUT2D eigenvalue weighted by Crippen LogP contribution is 2.26. The molecule has 1 aromatic carbocycles. The van der Waals surface area contributed by atoms with E-state index in [2.05, 4.69) is 17.6 Å². The molecule has 8 heteroatoms. The van der Waals surface area contributed by atoms with Gasteiger partial charge in [-0.1, -0.05) is 71.9 Å². The molecule has 0 bridgehead atoms. The third kappa shape index (κ3) is 11.9. The van der Waals surface area contributed by atoms with Crippen LogP contribution in [-0.4, -0.2) is 52.6 Å². The lowest BCUT2D eigenvalue weighted by molar-refractivity contribution is -0.143. The second-order valence-corrected chi connectivity index (χ2v) is 11.0. The van der Waals surface area contributed by atoms with Gasteiger partial charge in [-0.25, -0.2) is 4.79 Å². The Kier molecular flexibility index (Phi) is 14.1. The van der Waals surface area contributed by atoms with E-state index in [0.717, 1.165) is 44.9 Å². The second kappa shape index (κ2) is 16.2. The maximum absolute atomic E-state index is 14.0. The molecule has 0 aromatic heterocycles. The number of benzene rings is 1. The lowest BCUT2D eigenvalue weighted by Crippen LogP contribution is -2.55. The molecule has 0 fully saturated rings. The maximum Gasteiger partial charge on any atom is 0.408 e. The highest BCUT2D eigenvalue weighted by molar-refractivity contribution is 5.92.